The van der Waals surface area contributed by atoms with E-state index in [0.29, 0.717) is 12.1 Å². The van der Waals surface area contributed by atoms with Crippen LogP contribution in [0.15, 0.2) is 53.9 Å². The number of nitrogens with one attached hydrogen (secondary N) is 1. The molecule has 1 heterocycles. The van der Waals surface area contributed by atoms with Crippen molar-refractivity contribution >= 4 is 22.9 Å². The van der Waals surface area contributed by atoms with Gasteiger partial charge in [-0.25, -0.2) is 4.98 Å². The molecule has 0 saturated carbocycles. The van der Waals surface area contributed by atoms with E-state index in [1.807, 2.05) is 43.3 Å². The zero-order valence-electron chi connectivity index (χ0n) is 15.3. The Morgan fingerprint density at radius 2 is 1.77 bits per heavy atom. The van der Waals surface area contributed by atoms with E-state index >= 15 is 0 Å². The van der Waals surface area contributed by atoms with Crippen LogP contribution in [0.3, 0.4) is 0 Å². The largest absolute Gasteiger partial charge is 0.378 e. The number of benzene rings is 2. The number of amides is 1. The molecule has 1 amide bonds. The molecule has 26 heavy (non-hydrogen) atoms. The lowest BCUT2D eigenvalue weighted by molar-refractivity contribution is 0.0954. The van der Waals surface area contributed by atoms with Crippen LogP contribution in [0.2, 0.25) is 0 Å². The summed E-state index contributed by atoms with van der Waals surface area (Å²) in [7, 11) is 3.96. The van der Waals surface area contributed by atoms with Crippen LogP contribution in [0.4, 0.5) is 5.69 Å². The van der Waals surface area contributed by atoms with Gasteiger partial charge in [-0.15, -0.1) is 11.3 Å². The molecular weight excluding hydrogens is 342 g/mol. The summed E-state index contributed by atoms with van der Waals surface area (Å²) in [5.41, 5.74) is 5.14. The smallest absolute Gasteiger partial charge is 0.251 e. The van der Waals surface area contributed by atoms with Gasteiger partial charge in [0.15, 0.2) is 0 Å². The standard InChI is InChI=1S/C21H23N3OS/c1-15-4-6-17(7-5-15)21-23-18(14-26-21)12-13-22-20(25)16-8-10-19(11-9-16)24(2)3/h4-11,14H,12-13H2,1-3H3,(H,22,25). The maximum Gasteiger partial charge on any atom is 0.251 e. The van der Waals surface area contributed by atoms with Crippen LogP contribution in [-0.4, -0.2) is 31.5 Å². The first-order chi connectivity index (χ1) is 12.5. The van der Waals surface area contributed by atoms with Crippen molar-refractivity contribution in [3.8, 4) is 10.6 Å². The Kier molecular flexibility index (Phi) is 5.68. The van der Waals surface area contributed by atoms with Crippen LogP contribution >= 0.6 is 11.3 Å². The highest BCUT2D eigenvalue weighted by atomic mass is 32.1. The molecule has 0 unspecified atom stereocenters. The van der Waals surface area contributed by atoms with Crippen molar-refractivity contribution in [2.24, 2.45) is 0 Å². The summed E-state index contributed by atoms with van der Waals surface area (Å²) in [5.74, 6) is -0.0516. The van der Waals surface area contributed by atoms with E-state index in [9.17, 15) is 4.79 Å². The molecule has 0 spiro atoms. The van der Waals surface area contributed by atoms with E-state index in [4.69, 9.17) is 0 Å². The Morgan fingerprint density at radius 1 is 1.08 bits per heavy atom. The normalized spacial score (nSPS) is 10.6. The number of carbonyl (C=O) groups is 1. The van der Waals surface area contributed by atoms with E-state index < -0.39 is 0 Å². The first kappa shape index (κ1) is 18.1. The third kappa shape index (κ3) is 4.49. The molecule has 5 heteroatoms. The van der Waals surface area contributed by atoms with Crippen LogP contribution in [0.25, 0.3) is 10.6 Å². The first-order valence-corrected chi connectivity index (χ1v) is 9.48. The number of nitrogens with zero attached hydrogens (tertiary/aromatic N) is 2. The van der Waals surface area contributed by atoms with Crippen LogP contribution in [0.1, 0.15) is 21.6 Å². The number of hydrogen-bond donors (Lipinski definition) is 1. The summed E-state index contributed by atoms with van der Waals surface area (Å²) in [6.07, 6.45) is 0.726. The summed E-state index contributed by atoms with van der Waals surface area (Å²) < 4.78 is 0. The van der Waals surface area contributed by atoms with Crippen molar-refractivity contribution in [2.75, 3.05) is 25.5 Å². The molecule has 0 aliphatic carbocycles. The van der Waals surface area contributed by atoms with Gasteiger partial charge < -0.3 is 10.2 Å². The van der Waals surface area contributed by atoms with Gasteiger partial charge in [-0.2, -0.15) is 0 Å². The van der Waals surface area contributed by atoms with Crippen molar-refractivity contribution in [1.29, 1.82) is 0 Å². The Bertz CT molecular complexity index is 867. The molecule has 2 aromatic carbocycles. The summed E-state index contributed by atoms with van der Waals surface area (Å²) in [5, 5.41) is 6.05. The monoisotopic (exact) mass is 365 g/mol. The molecule has 4 nitrogen and oxygen atoms in total. The second-order valence-electron chi connectivity index (χ2n) is 6.46. The fraction of sp³-hybridized carbons (Fsp3) is 0.238. The summed E-state index contributed by atoms with van der Waals surface area (Å²) in [6, 6.07) is 16.0. The van der Waals surface area contributed by atoms with Crippen molar-refractivity contribution in [2.45, 2.75) is 13.3 Å². The first-order valence-electron chi connectivity index (χ1n) is 8.60. The van der Waals surface area contributed by atoms with Crippen LogP contribution in [0, 0.1) is 6.92 Å². The Balaban J connectivity index is 1.53. The molecule has 0 fully saturated rings. The minimum atomic E-state index is -0.0516. The highest BCUT2D eigenvalue weighted by molar-refractivity contribution is 7.13. The maximum absolute atomic E-state index is 12.2. The van der Waals surface area contributed by atoms with Crippen molar-refractivity contribution < 1.29 is 4.79 Å². The van der Waals surface area contributed by atoms with Gasteiger partial charge in [0, 0.05) is 49.3 Å². The summed E-state index contributed by atoms with van der Waals surface area (Å²) in [4.78, 5) is 18.9. The second-order valence-corrected chi connectivity index (χ2v) is 7.32. The quantitative estimate of drug-likeness (QED) is 0.713. The highest BCUT2D eigenvalue weighted by Crippen LogP contribution is 2.24. The third-order valence-corrected chi connectivity index (χ3v) is 5.10. The van der Waals surface area contributed by atoms with E-state index in [1.165, 1.54) is 5.56 Å². The van der Waals surface area contributed by atoms with Gasteiger partial charge in [-0.3, -0.25) is 4.79 Å². The minimum Gasteiger partial charge on any atom is -0.378 e. The van der Waals surface area contributed by atoms with Crippen molar-refractivity contribution in [3.63, 3.8) is 0 Å². The van der Waals surface area contributed by atoms with E-state index in [0.717, 1.165) is 28.4 Å². The average molecular weight is 366 g/mol. The molecule has 1 N–H and O–H groups in total. The SMILES string of the molecule is Cc1ccc(-c2nc(CCNC(=O)c3ccc(N(C)C)cc3)cs2)cc1. The molecule has 3 rings (SSSR count). The number of aromatic nitrogens is 1. The predicted octanol–water partition coefficient (Wildman–Crippen LogP) is 4.16. The summed E-state index contributed by atoms with van der Waals surface area (Å²) >= 11 is 1.64. The molecular formula is C21H23N3OS. The molecule has 3 aromatic rings. The van der Waals surface area contributed by atoms with Gasteiger partial charge in [0.25, 0.3) is 5.91 Å². The zero-order valence-corrected chi connectivity index (χ0v) is 16.1. The van der Waals surface area contributed by atoms with Crippen LogP contribution in [0.5, 0.6) is 0 Å². The Morgan fingerprint density at radius 3 is 2.42 bits per heavy atom. The second kappa shape index (κ2) is 8.15. The Labute approximate surface area is 158 Å². The van der Waals surface area contributed by atoms with Crippen LogP contribution in [-0.2, 0) is 6.42 Å². The van der Waals surface area contributed by atoms with Crippen LogP contribution < -0.4 is 10.2 Å². The molecule has 0 atom stereocenters. The molecule has 0 bridgehead atoms. The number of anilines is 1. The molecule has 0 aliphatic heterocycles. The van der Waals surface area contributed by atoms with E-state index in [-0.39, 0.29) is 5.91 Å². The van der Waals surface area contributed by atoms with Gasteiger partial charge in [-0.1, -0.05) is 29.8 Å². The number of hydrogen-bond acceptors (Lipinski definition) is 4. The predicted molar refractivity (Wildman–Crippen MR) is 109 cm³/mol. The summed E-state index contributed by atoms with van der Waals surface area (Å²) in [6.45, 7) is 2.65. The number of thiazole rings is 1. The Hall–Kier alpha value is -2.66. The fourth-order valence-electron chi connectivity index (χ4n) is 2.57. The van der Waals surface area contributed by atoms with Gasteiger partial charge in [0.05, 0.1) is 5.69 Å². The molecule has 0 aliphatic rings. The van der Waals surface area contributed by atoms with Crippen molar-refractivity contribution in [3.05, 3.63) is 70.7 Å². The number of carbonyl (C=O) groups excluding carboxylic acids is 1. The van der Waals surface area contributed by atoms with Gasteiger partial charge in [0.2, 0.25) is 0 Å². The lowest BCUT2D eigenvalue weighted by atomic mass is 10.1. The van der Waals surface area contributed by atoms with Crippen molar-refractivity contribution in [1.82, 2.24) is 10.3 Å². The fourth-order valence-corrected chi connectivity index (χ4v) is 3.43. The average Bonchev–Trinajstić information content (AvgIpc) is 3.11. The van der Waals surface area contributed by atoms with E-state index in [2.05, 4.69) is 46.9 Å². The zero-order chi connectivity index (χ0) is 18.5. The van der Waals surface area contributed by atoms with Gasteiger partial charge in [0.1, 0.15) is 5.01 Å². The maximum atomic E-state index is 12.2. The van der Waals surface area contributed by atoms with E-state index in [1.54, 1.807) is 11.3 Å². The highest BCUT2D eigenvalue weighted by Gasteiger charge is 2.08. The molecule has 0 saturated heterocycles. The van der Waals surface area contributed by atoms with Gasteiger partial charge in [-0.05, 0) is 31.2 Å². The number of rotatable bonds is 6. The lowest BCUT2D eigenvalue weighted by Gasteiger charge is -2.12. The molecule has 0 radical (unpaired) electrons. The number of aryl methyl sites for hydroxylation is 1. The minimum absolute atomic E-state index is 0.0516. The third-order valence-electron chi connectivity index (χ3n) is 4.16. The molecule has 1 aromatic heterocycles. The van der Waals surface area contributed by atoms with Gasteiger partial charge >= 0.3 is 0 Å². The topological polar surface area (TPSA) is 45.2 Å². The lowest BCUT2D eigenvalue weighted by Crippen LogP contribution is -2.25. The molecule has 134 valence electrons.